The highest BCUT2D eigenvalue weighted by atomic mass is 127. The molecule has 0 amide bonds. The molecule has 0 aliphatic rings. The number of terminal acetylenes is 1. The van der Waals surface area contributed by atoms with Crippen molar-refractivity contribution < 1.29 is 13.3 Å². The molecule has 0 unspecified atom stereocenters. The zero-order valence-corrected chi connectivity index (χ0v) is 17.6. The zero-order valence-electron chi connectivity index (χ0n) is 14.5. The van der Waals surface area contributed by atoms with Gasteiger partial charge in [0.1, 0.15) is 5.69 Å². The van der Waals surface area contributed by atoms with Gasteiger partial charge in [0.15, 0.2) is 15.8 Å². The molecule has 0 aliphatic heterocycles. The van der Waals surface area contributed by atoms with Crippen molar-refractivity contribution in [2.75, 3.05) is 37.8 Å². The quantitative estimate of drug-likeness (QED) is 0.0942. The minimum atomic E-state index is -3.51. The highest BCUT2D eigenvalue weighted by Gasteiger charge is 2.18. The average Bonchev–Trinajstić information content (AvgIpc) is 2.55. The van der Waals surface area contributed by atoms with Crippen molar-refractivity contribution in [1.29, 1.82) is 0 Å². The van der Waals surface area contributed by atoms with E-state index in [0.717, 1.165) is 12.3 Å². The molecule has 1 aromatic rings. The van der Waals surface area contributed by atoms with Gasteiger partial charge in [-0.15, -0.1) is 30.4 Å². The summed E-state index contributed by atoms with van der Waals surface area (Å²) in [5.74, 6) is 2.98. The molecular formula is C15H22IN5O4S. The number of hydrogen-bond acceptors (Lipinski definition) is 6. The van der Waals surface area contributed by atoms with Crippen molar-refractivity contribution in [3.05, 3.63) is 28.3 Å². The van der Waals surface area contributed by atoms with Crippen LogP contribution < -0.4 is 16.0 Å². The number of benzene rings is 1. The fraction of sp³-hybridized carbons (Fsp3) is 0.400. The first kappa shape index (κ1) is 23.9. The van der Waals surface area contributed by atoms with Gasteiger partial charge in [-0.05, 0) is 19.1 Å². The summed E-state index contributed by atoms with van der Waals surface area (Å²) in [5, 5.41) is 20.0. The van der Waals surface area contributed by atoms with Gasteiger partial charge in [-0.1, -0.05) is 5.92 Å². The average molecular weight is 495 g/mol. The van der Waals surface area contributed by atoms with Crippen LogP contribution >= 0.6 is 24.0 Å². The summed E-state index contributed by atoms with van der Waals surface area (Å²) in [6.07, 6.45) is 6.18. The van der Waals surface area contributed by atoms with Crippen LogP contribution in [-0.2, 0) is 9.84 Å². The summed E-state index contributed by atoms with van der Waals surface area (Å²) in [7, 11) is -3.51. The summed E-state index contributed by atoms with van der Waals surface area (Å²) in [6.45, 7) is 3.58. The number of nitrogens with zero attached hydrogens (tertiary/aromatic N) is 2. The molecule has 1 rings (SSSR count). The number of nitro groups is 1. The molecular weight excluding hydrogens is 473 g/mol. The predicted molar refractivity (Wildman–Crippen MR) is 113 cm³/mol. The van der Waals surface area contributed by atoms with Gasteiger partial charge in [0.25, 0.3) is 5.69 Å². The van der Waals surface area contributed by atoms with Crippen molar-refractivity contribution >= 4 is 51.1 Å². The van der Waals surface area contributed by atoms with E-state index in [-0.39, 0.29) is 40.2 Å². The molecule has 3 N–H and O–H groups in total. The zero-order chi connectivity index (χ0) is 18.9. The van der Waals surface area contributed by atoms with Gasteiger partial charge < -0.3 is 16.0 Å². The first-order chi connectivity index (χ1) is 11.8. The fourth-order valence-electron chi connectivity index (χ4n) is 1.88. The van der Waals surface area contributed by atoms with Crippen LogP contribution in [0.5, 0.6) is 0 Å². The molecule has 0 heterocycles. The van der Waals surface area contributed by atoms with Crippen molar-refractivity contribution in [2.45, 2.75) is 11.8 Å². The molecule has 9 nitrogen and oxygen atoms in total. The Labute approximate surface area is 170 Å². The van der Waals surface area contributed by atoms with E-state index in [1.165, 1.54) is 12.1 Å². The van der Waals surface area contributed by atoms with Gasteiger partial charge in [0.05, 0.1) is 22.9 Å². The van der Waals surface area contributed by atoms with Gasteiger partial charge >= 0.3 is 0 Å². The summed E-state index contributed by atoms with van der Waals surface area (Å²) in [4.78, 5) is 14.7. The van der Waals surface area contributed by atoms with E-state index in [2.05, 4.69) is 26.9 Å². The van der Waals surface area contributed by atoms with Crippen LogP contribution in [-0.4, -0.2) is 51.7 Å². The van der Waals surface area contributed by atoms with Crippen LogP contribution in [0, 0.1) is 22.5 Å². The Hall–Kier alpha value is -2.07. The Morgan fingerprint density at radius 2 is 2.08 bits per heavy atom. The van der Waals surface area contributed by atoms with E-state index in [1.807, 2.05) is 6.92 Å². The lowest BCUT2D eigenvalue weighted by Crippen LogP contribution is -2.37. The molecule has 0 spiro atoms. The van der Waals surface area contributed by atoms with E-state index in [0.29, 0.717) is 32.1 Å². The number of hydrogen-bond donors (Lipinski definition) is 3. The van der Waals surface area contributed by atoms with Crippen LogP contribution in [0.15, 0.2) is 28.1 Å². The highest BCUT2D eigenvalue weighted by Crippen LogP contribution is 2.27. The smallest absolute Gasteiger partial charge is 0.293 e. The van der Waals surface area contributed by atoms with E-state index >= 15 is 0 Å². The largest absolute Gasteiger partial charge is 0.378 e. The number of aliphatic imine (C=N–C) groups is 1. The van der Waals surface area contributed by atoms with Gasteiger partial charge in [-0.3, -0.25) is 15.1 Å². The minimum Gasteiger partial charge on any atom is -0.378 e. The molecule has 0 aromatic heterocycles. The van der Waals surface area contributed by atoms with Crippen molar-refractivity contribution in [2.24, 2.45) is 4.99 Å². The standard InChI is InChI=1S/C15H21N5O4S.HI/c1-4-8-18-15(16-5-2)19-10-9-17-13-7-6-12(25(3,23)24)11-14(13)20(21)22;/h1,6-7,11,17H,5,8-10H2,2-3H3,(H2,16,18,19);1H. The Balaban J connectivity index is 0.00000625. The maximum Gasteiger partial charge on any atom is 0.293 e. The van der Waals surface area contributed by atoms with Gasteiger partial charge in [-0.25, -0.2) is 8.42 Å². The van der Waals surface area contributed by atoms with E-state index in [1.54, 1.807) is 0 Å². The maximum absolute atomic E-state index is 11.5. The van der Waals surface area contributed by atoms with Crippen LogP contribution in [0.25, 0.3) is 0 Å². The van der Waals surface area contributed by atoms with E-state index in [9.17, 15) is 18.5 Å². The fourth-order valence-corrected chi connectivity index (χ4v) is 2.52. The topological polar surface area (TPSA) is 126 Å². The van der Waals surface area contributed by atoms with Crippen molar-refractivity contribution in [3.8, 4) is 12.3 Å². The first-order valence-corrected chi connectivity index (χ1v) is 9.36. The van der Waals surface area contributed by atoms with Crippen molar-refractivity contribution in [1.82, 2.24) is 10.6 Å². The molecule has 0 atom stereocenters. The molecule has 26 heavy (non-hydrogen) atoms. The molecule has 0 saturated carbocycles. The lowest BCUT2D eigenvalue weighted by molar-refractivity contribution is -0.384. The molecule has 0 radical (unpaired) electrons. The SMILES string of the molecule is C#CCNC(=NCCNc1ccc(S(C)(=O)=O)cc1[N+](=O)[O-])NCC.I. The number of halogens is 1. The summed E-state index contributed by atoms with van der Waals surface area (Å²) < 4.78 is 23.0. The molecule has 0 fully saturated rings. The third kappa shape index (κ3) is 7.87. The van der Waals surface area contributed by atoms with Gasteiger partial charge in [-0.2, -0.15) is 0 Å². The molecule has 0 bridgehead atoms. The van der Waals surface area contributed by atoms with E-state index in [4.69, 9.17) is 6.42 Å². The van der Waals surface area contributed by atoms with Gasteiger partial charge in [0, 0.05) is 25.4 Å². The third-order valence-electron chi connectivity index (χ3n) is 2.99. The van der Waals surface area contributed by atoms with Crippen LogP contribution in [0.3, 0.4) is 0 Å². The molecule has 144 valence electrons. The monoisotopic (exact) mass is 495 g/mol. The van der Waals surface area contributed by atoms with Crippen LogP contribution in [0.4, 0.5) is 11.4 Å². The number of nitro benzene ring substituents is 1. The normalized spacial score (nSPS) is 11.0. The van der Waals surface area contributed by atoms with Crippen molar-refractivity contribution in [3.63, 3.8) is 0 Å². The third-order valence-corrected chi connectivity index (χ3v) is 4.10. The molecule has 11 heteroatoms. The molecule has 0 aliphatic carbocycles. The van der Waals surface area contributed by atoms with E-state index < -0.39 is 14.8 Å². The number of rotatable bonds is 8. The second kappa shape index (κ2) is 11.5. The van der Waals surface area contributed by atoms with Crippen LogP contribution in [0.2, 0.25) is 0 Å². The summed E-state index contributed by atoms with van der Waals surface area (Å²) in [5.41, 5.74) is -0.0709. The number of anilines is 1. The molecule has 0 saturated heterocycles. The second-order valence-electron chi connectivity index (χ2n) is 4.95. The first-order valence-electron chi connectivity index (χ1n) is 7.47. The minimum absolute atomic E-state index is 0. The highest BCUT2D eigenvalue weighted by molar-refractivity contribution is 14.0. The number of nitrogens with one attached hydrogen (secondary N) is 3. The van der Waals surface area contributed by atoms with Gasteiger partial charge in [0.2, 0.25) is 0 Å². The number of sulfone groups is 1. The molecule has 1 aromatic carbocycles. The Morgan fingerprint density at radius 1 is 1.38 bits per heavy atom. The lowest BCUT2D eigenvalue weighted by atomic mass is 10.2. The number of guanidine groups is 1. The Bertz CT molecular complexity index is 790. The maximum atomic E-state index is 11.5. The predicted octanol–water partition coefficient (Wildman–Crippen LogP) is 1.22. The second-order valence-corrected chi connectivity index (χ2v) is 6.97. The Kier molecular flexibility index (Phi) is 10.6. The lowest BCUT2D eigenvalue weighted by Gasteiger charge is -2.10. The van der Waals surface area contributed by atoms with Crippen LogP contribution in [0.1, 0.15) is 6.92 Å². The Morgan fingerprint density at radius 3 is 2.62 bits per heavy atom. The summed E-state index contributed by atoms with van der Waals surface area (Å²) in [6, 6.07) is 3.74. The summed E-state index contributed by atoms with van der Waals surface area (Å²) >= 11 is 0.